The molecule has 3 aromatic rings. The van der Waals surface area contributed by atoms with Crippen molar-refractivity contribution in [3.63, 3.8) is 0 Å². The SMILES string of the molecule is CCC1Oc2ccc(-c3csc(-c4ccccn4)n3)cc2N(CC(=O)OC2CCC(C)CC2)C1=O. The van der Waals surface area contributed by atoms with Crippen molar-refractivity contribution in [2.45, 2.75) is 58.2 Å². The molecular weight excluding hydrogens is 462 g/mol. The van der Waals surface area contributed by atoms with Crippen LogP contribution >= 0.6 is 11.3 Å². The minimum atomic E-state index is -0.619. The van der Waals surface area contributed by atoms with Crippen molar-refractivity contribution in [1.82, 2.24) is 9.97 Å². The van der Waals surface area contributed by atoms with Gasteiger partial charge in [-0.1, -0.05) is 19.9 Å². The van der Waals surface area contributed by atoms with Crippen molar-refractivity contribution in [2.75, 3.05) is 11.4 Å². The second-order valence-corrected chi connectivity index (χ2v) is 10.1. The van der Waals surface area contributed by atoms with Gasteiger partial charge >= 0.3 is 5.97 Å². The number of carbonyl (C=O) groups excluding carboxylic acids is 2. The lowest BCUT2D eigenvalue weighted by atomic mass is 9.89. The molecule has 3 heterocycles. The minimum Gasteiger partial charge on any atom is -0.478 e. The smallest absolute Gasteiger partial charge is 0.326 e. The molecule has 1 fully saturated rings. The number of ether oxygens (including phenoxy) is 2. The zero-order valence-corrected chi connectivity index (χ0v) is 20.8. The van der Waals surface area contributed by atoms with Crippen molar-refractivity contribution < 1.29 is 19.1 Å². The van der Waals surface area contributed by atoms with Crippen LogP contribution in [0, 0.1) is 5.92 Å². The number of anilines is 1. The summed E-state index contributed by atoms with van der Waals surface area (Å²) in [7, 11) is 0. The highest BCUT2D eigenvalue weighted by molar-refractivity contribution is 7.13. The van der Waals surface area contributed by atoms with E-state index in [1.54, 1.807) is 6.20 Å². The Morgan fingerprint density at radius 3 is 2.74 bits per heavy atom. The molecule has 2 aliphatic rings. The summed E-state index contributed by atoms with van der Waals surface area (Å²) in [6, 6.07) is 11.4. The van der Waals surface area contributed by atoms with Crippen molar-refractivity contribution in [3.05, 3.63) is 48.0 Å². The summed E-state index contributed by atoms with van der Waals surface area (Å²) in [4.78, 5) is 36.7. The molecule has 0 N–H and O–H groups in total. The Balaban J connectivity index is 1.39. The molecule has 2 aromatic heterocycles. The number of nitrogens with zero attached hydrogens (tertiary/aromatic N) is 3. The fourth-order valence-electron chi connectivity index (χ4n) is 4.62. The van der Waals surface area contributed by atoms with Crippen LogP contribution in [0.1, 0.15) is 46.0 Å². The van der Waals surface area contributed by atoms with Gasteiger partial charge in [0, 0.05) is 17.1 Å². The largest absolute Gasteiger partial charge is 0.478 e. The summed E-state index contributed by atoms with van der Waals surface area (Å²) in [5.74, 6) is 0.654. The molecule has 0 radical (unpaired) electrons. The maximum Gasteiger partial charge on any atom is 0.326 e. The van der Waals surface area contributed by atoms with Crippen LogP contribution in [0.4, 0.5) is 5.69 Å². The first-order valence-electron chi connectivity index (χ1n) is 12.2. The van der Waals surface area contributed by atoms with Crippen LogP contribution in [0.2, 0.25) is 0 Å². The van der Waals surface area contributed by atoms with Gasteiger partial charge in [0.15, 0.2) is 6.10 Å². The molecule has 7 nitrogen and oxygen atoms in total. The van der Waals surface area contributed by atoms with Crippen LogP contribution in [-0.4, -0.2) is 40.6 Å². The van der Waals surface area contributed by atoms with E-state index in [0.29, 0.717) is 23.8 Å². The van der Waals surface area contributed by atoms with Gasteiger partial charge in [-0.25, -0.2) is 4.98 Å². The van der Waals surface area contributed by atoms with Gasteiger partial charge in [-0.3, -0.25) is 19.5 Å². The maximum atomic E-state index is 13.2. The fraction of sp³-hybridized carbons (Fsp3) is 0.407. The van der Waals surface area contributed by atoms with Crippen molar-refractivity contribution in [2.24, 2.45) is 5.92 Å². The molecule has 1 unspecified atom stereocenters. The van der Waals surface area contributed by atoms with Gasteiger partial charge in [0.25, 0.3) is 5.91 Å². The van der Waals surface area contributed by atoms with Crippen LogP contribution in [0.15, 0.2) is 48.0 Å². The second kappa shape index (κ2) is 10.2. The number of esters is 1. The molecule has 1 atom stereocenters. The lowest BCUT2D eigenvalue weighted by Crippen LogP contribution is -2.48. The number of rotatable bonds is 6. The highest BCUT2D eigenvalue weighted by Gasteiger charge is 2.35. The highest BCUT2D eigenvalue weighted by Crippen LogP contribution is 2.39. The van der Waals surface area contributed by atoms with Crippen LogP contribution in [0.5, 0.6) is 5.75 Å². The Hall–Kier alpha value is -3.26. The normalized spacial score (nSPS) is 21.8. The molecule has 1 aliphatic heterocycles. The summed E-state index contributed by atoms with van der Waals surface area (Å²) in [5, 5.41) is 2.79. The zero-order valence-electron chi connectivity index (χ0n) is 20.0. The summed E-state index contributed by atoms with van der Waals surface area (Å²) >= 11 is 1.51. The Labute approximate surface area is 209 Å². The zero-order chi connectivity index (χ0) is 24.4. The van der Waals surface area contributed by atoms with Crippen molar-refractivity contribution in [3.8, 4) is 27.7 Å². The number of hydrogen-bond donors (Lipinski definition) is 0. The average Bonchev–Trinajstić information content (AvgIpc) is 3.38. The number of thiazole rings is 1. The molecular formula is C27H29N3O4S. The summed E-state index contributed by atoms with van der Waals surface area (Å²) in [5.41, 5.74) is 3.00. The van der Waals surface area contributed by atoms with Crippen LogP contribution in [0.25, 0.3) is 22.0 Å². The molecule has 1 aromatic carbocycles. The quantitative estimate of drug-likeness (QED) is 0.424. The summed E-state index contributed by atoms with van der Waals surface area (Å²) < 4.78 is 11.7. The number of aromatic nitrogens is 2. The van der Waals surface area contributed by atoms with Crippen LogP contribution in [0.3, 0.4) is 0 Å². The fourth-order valence-corrected chi connectivity index (χ4v) is 5.42. The minimum absolute atomic E-state index is 0.0670. The standard InChI is InChI=1S/C27H29N3O4S/c1-3-23-27(32)30(15-25(31)33-19-10-7-17(2)8-11-19)22-14-18(9-12-24(22)34-23)21-16-35-26(29-21)20-6-4-5-13-28-20/h4-6,9,12-14,16-17,19,23H,3,7-8,10-11,15H2,1-2H3. The molecule has 35 heavy (non-hydrogen) atoms. The summed E-state index contributed by atoms with van der Waals surface area (Å²) in [6.45, 7) is 4.00. The molecule has 1 saturated carbocycles. The van der Waals surface area contributed by atoms with Crippen LogP contribution < -0.4 is 9.64 Å². The lowest BCUT2D eigenvalue weighted by Gasteiger charge is -2.34. The van der Waals surface area contributed by atoms with Gasteiger partial charge in [0.2, 0.25) is 0 Å². The number of benzene rings is 1. The van der Waals surface area contributed by atoms with Crippen LogP contribution in [-0.2, 0) is 14.3 Å². The maximum absolute atomic E-state index is 13.2. The van der Waals surface area contributed by atoms with Crippen molar-refractivity contribution >= 4 is 28.9 Å². The Bertz CT molecular complexity index is 1200. The second-order valence-electron chi connectivity index (χ2n) is 9.25. The molecule has 0 bridgehead atoms. The predicted molar refractivity (Wildman–Crippen MR) is 135 cm³/mol. The third-order valence-electron chi connectivity index (χ3n) is 6.66. The molecule has 8 heteroatoms. The Morgan fingerprint density at radius 2 is 2.00 bits per heavy atom. The van der Waals surface area contributed by atoms with E-state index in [9.17, 15) is 9.59 Å². The molecule has 182 valence electrons. The molecule has 1 amide bonds. The van der Waals surface area contributed by atoms with E-state index in [1.165, 1.54) is 16.2 Å². The van der Waals surface area contributed by atoms with Gasteiger partial charge in [-0.2, -0.15) is 0 Å². The first kappa shape index (κ1) is 23.5. The first-order chi connectivity index (χ1) is 17.0. The predicted octanol–water partition coefficient (Wildman–Crippen LogP) is 5.50. The van der Waals surface area contributed by atoms with Gasteiger partial charge < -0.3 is 9.47 Å². The number of hydrogen-bond acceptors (Lipinski definition) is 7. The van der Waals surface area contributed by atoms with Crippen molar-refractivity contribution in [1.29, 1.82) is 0 Å². The van der Waals surface area contributed by atoms with Gasteiger partial charge in [0.1, 0.15) is 23.4 Å². The topological polar surface area (TPSA) is 81.6 Å². The van der Waals surface area contributed by atoms with E-state index in [1.807, 2.05) is 48.7 Å². The lowest BCUT2D eigenvalue weighted by molar-refractivity contribution is -0.150. The molecule has 0 saturated heterocycles. The third-order valence-corrected chi connectivity index (χ3v) is 7.53. The van der Waals surface area contributed by atoms with E-state index >= 15 is 0 Å². The first-order valence-corrected chi connectivity index (χ1v) is 13.1. The number of pyridine rings is 1. The van der Waals surface area contributed by atoms with E-state index in [-0.39, 0.29) is 24.5 Å². The highest BCUT2D eigenvalue weighted by atomic mass is 32.1. The third kappa shape index (κ3) is 5.07. The average molecular weight is 492 g/mol. The number of carbonyl (C=O) groups is 2. The number of fused-ring (bicyclic) bond motifs is 1. The van der Waals surface area contributed by atoms with Gasteiger partial charge in [-0.15, -0.1) is 11.3 Å². The number of amides is 1. The van der Waals surface area contributed by atoms with E-state index in [2.05, 4.69) is 11.9 Å². The van der Waals surface area contributed by atoms with Gasteiger partial charge in [0.05, 0.1) is 17.1 Å². The molecule has 0 spiro atoms. The van der Waals surface area contributed by atoms with E-state index in [4.69, 9.17) is 14.5 Å². The van der Waals surface area contributed by atoms with E-state index in [0.717, 1.165) is 47.6 Å². The molecule has 5 rings (SSSR count). The van der Waals surface area contributed by atoms with Gasteiger partial charge in [-0.05, 0) is 68.4 Å². The summed E-state index contributed by atoms with van der Waals surface area (Å²) in [6.07, 6.45) is 5.46. The monoisotopic (exact) mass is 491 g/mol. The molecule has 1 aliphatic carbocycles. The Kier molecular flexibility index (Phi) is 6.81. The van der Waals surface area contributed by atoms with E-state index < -0.39 is 6.10 Å². The Morgan fingerprint density at radius 1 is 1.17 bits per heavy atom.